The quantitative estimate of drug-likeness (QED) is 0.795. The van der Waals surface area contributed by atoms with Gasteiger partial charge in [-0.25, -0.2) is 21.6 Å². The molecule has 22 heavy (non-hydrogen) atoms. The van der Waals surface area contributed by atoms with E-state index in [0.717, 1.165) is 47.7 Å². The number of rotatable bonds is 7. The Morgan fingerprint density at radius 1 is 1.23 bits per heavy atom. The van der Waals surface area contributed by atoms with Gasteiger partial charge in [0, 0.05) is 19.6 Å². The van der Waals surface area contributed by atoms with Crippen LogP contribution in [0.3, 0.4) is 0 Å². The largest absolute Gasteiger partial charge is 0.252 e. The molecule has 1 aromatic heterocycles. The molecule has 0 aliphatic heterocycles. The summed E-state index contributed by atoms with van der Waals surface area (Å²) in [5.41, 5.74) is 0. The third kappa shape index (κ3) is 4.76. The predicted octanol–water partition coefficient (Wildman–Crippen LogP) is 1.62. The van der Waals surface area contributed by atoms with Crippen LogP contribution in [0.5, 0.6) is 0 Å². The smallest absolute Gasteiger partial charge is 0.212 e. The van der Waals surface area contributed by atoms with E-state index in [4.69, 9.17) is 0 Å². The van der Waals surface area contributed by atoms with Gasteiger partial charge in [-0.2, -0.15) is 4.31 Å². The van der Waals surface area contributed by atoms with Gasteiger partial charge in [-0.1, -0.05) is 25.3 Å². The summed E-state index contributed by atoms with van der Waals surface area (Å²) in [6, 6.07) is 3.18. The summed E-state index contributed by atoms with van der Waals surface area (Å²) < 4.78 is 52.6. The minimum atomic E-state index is -3.59. The van der Waals surface area contributed by atoms with E-state index in [2.05, 4.69) is 4.72 Å². The second-order valence-corrected chi connectivity index (χ2v) is 10.6. The summed E-state index contributed by atoms with van der Waals surface area (Å²) in [6.07, 6.45) is 4.96. The Balaban J connectivity index is 1.91. The van der Waals surface area contributed by atoms with E-state index in [1.807, 2.05) is 0 Å². The lowest BCUT2D eigenvalue weighted by molar-refractivity contribution is 0.411. The highest BCUT2D eigenvalue weighted by Gasteiger charge is 2.25. The van der Waals surface area contributed by atoms with E-state index in [-0.39, 0.29) is 22.5 Å². The standard InChI is InChI=1S/C13H22N2O4S3/c1-15(22(18,19)13-8-5-10-20-13)9-11-21(16,17)14-12-6-3-2-4-7-12/h5,8,10,12,14H,2-4,6-7,9,11H2,1H3. The topological polar surface area (TPSA) is 83.6 Å². The Hall–Kier alpha value is -0.480. The zero-order chi connectivity index (χ0) is 16.2. The second-order valence-electron chi connectivity index (χ2n) is 5.53. The number of nitrogens with zero attached hydrogens (tertiary/aromatic N) is 1. The van der Waals surface area contributed by atoms with Gasteiger partial charge in [0.1, 0.15) is 4.21 Å². The van der Waals surface area contributed by atoms with E-state index < -0.39 is 20.0 Å². The lowest BCUT2D eigenvalue weighted by Gasteiger charge is -2.23. The van der Waals surface area contributed by atoms with E-state index in [1.165, 1.54) is 13.1 Å². The third-order valence-corrected chi connectivity index (χ3v) is 8.43. The molecule has 2 rings (SSSR count). The first-order chi connectivity index (χ1) is 10.3. The van der Waals surface area contributed by atoms with Crippen LogP contribution in [-0.2, 0) is 20.0 Å². The molecule has 0 radical (unpaired) electrons. The van der Waals surface area contributed by atoms with Crippen molar-refractivity contribution in [2.45, 2.75) is 42.4 Å². The predicted molar refractivity (Wildman–Crippen MR) is 87.9 cm³/mol. The highest BCUT2D eigenvalue weighted by molar-refractivity contribution is 7.91. The van der Waals surface area contributed by atoms with E-state index >= 15 is 0 Å². The fourth-order valence-corrected chi connectivity index (χ4v) is 6.33. The van der Waals surface area contributed by atoms with Crippen molar-refractivity contribution in [3.63, 3.8) is 0 Å². The van der Waals surface area contributed by atoms with Gasteiger partial charge in [0.05, 0.1) is 5.75 Å². The van der Waals surface area contributed by atoms with Crippen LogP contribution in [-0.4, -0.2) is 46.5 Å². The Bertz CT molecular complexity index is 662. The molecule has 0 bridgehead atoms. The molecule has 1 heterocycles. The molecular formula is C13H22N2O4S3. The zero-order valence-corrected chi connectivity index (χ0v) is 15.0. The maximum Gasteiger partial charge on any atom is 0.252 e. The third-order valence-electron chi connectivity index (χ3n) is 3.79. The van der Waals surface area contributed by atoms with Crippen molar-refractivity contribution in [1.82, 2.24) is 9.03 Å². The number of nitrogens with one attached hydrogen (secondary N) is 1. The minimum Gasteiger partial charge on any atom is -0.212 e. The molecule has 0 spiro atoms. The molecule has 126 valence electrons. The molecule has 1 saturated carbocycles. The van der Waals surface area contributed by atoms with Gasteiger partial charge in [-0.3, -0.25) is 0 Å². The summed E-state index contributed by atoms with van der Waals surface area (Å²) in [5.74, 6) is -0.218. The lowest BCUT2D eigenvalue weighted by Crippen LogP contribution is -2.40. The first-order valence-corrected chi connectivity index (χ1v) is 11.3. The molecule has 1 N–H and O–H groups in total. The van der Waals surface area contributed by atoms with Gasteiger partial charge in [-0.15, -0.1) is 11.3 Å². The normalized spacial score (nSPS) is 17.9. The van der Waals surface area contributed by atoms with Crippen molar-refractivity contribution in [2.75, 3.05) is 19.3 Å². The van der Waals surface area contributed by atoms with Crippen LogP contribution in [0.4, 0.5) is 0 Å². The highest BCUT2D eigenvalue weighted by atomic mass is 32.2. The molecule has 1 fully saturated rings. The Labute approximate surface area is 136 Å². The van der Waals surface area contributed by atoms with Gasteiger partial charge in [0.25, 0.3) is 10.0 Å². The Morgan fingerprint density at radius 3 is 2.50 bits per heavy atom. The van der Waals surface area contributed by atoms with Gasteiger partial charge in [0.15, 0.2) is 0 Å². The fraction of sp³-hybridized carbons (Fsp3) is 0.692. The number of hydrogen-bond acceptors (Lipinski definition) is 5. The Kier molecular flexibility index (Phi) is 6.00. The maximum absolute atomic E-state index is 12.2. The van der Waals surface area contributed by atoms with Crippen LogP contribution in [0.25, 0.3) is 0 Å². The molecular weight excluding hydrogens is 344 g/mol. The Morgan fingerprint density at radius 2 is 1.91 bits per heavy atom. The summed E-state index contributed by atoms with van der Waals surface area (Å²) in [5, 5.41) is 1.68. The van der Waals surface area contributed by atoms with Crippen LogP contribution < -0.4 is 4.72 Å². The minimum absolute atomic E-state index is 0.00189. The van der Waals surface area contributed by atoms with Crippen molar-refractivity contribution in [3.05, 3.63) is 17.5 Å². The molecule has 1 aliphatic carbocycles. The van der Waals surface area contributed by atoms with Gasteiger partial charge >= 0.3 is 0 Å². The molecule has 0 saturated heterocycles. The lowest BCUT2D eigenvalue weighted by atomic mass is 9.96. The van der Waals surface area contributed by atoms with Crippen LogP contribution in [0.1, 0.15) is 32.1 Å². The van der Waals surface area contributed by atoms with Crippen molar-refractivity contribution in [1.29, 1.82) is 0 Å². The van der Waals surface area contributed by atoms with Gasteiger partial charge in [-0.05, 0) is 24.3 Å². The first kappa shape index (κ1) is 17.9. The molecule has 0 aromatic carbocycles. The summed E-state index contributed by atoms with van der Waals surface area (Å²) >= 11 is 1.13. The molecule has 6 nitrogen and oxygen atoms in total. The monoisotopic (exact) mass is 366 g/mol. The zero-order valence-electron chi connectivity index (χ0n) is 12.6. The van der Waals surface area contributed by atoms with Crippen molar-refractivity contribution in [3.8, 4) is 0 Å². The van der Waals surface area contributed by atoms with E-state index in [1.54, 1.807) is 11.4 Å². The summed E-state index contributed by atoms with van der Waals surface area (Å²) in [4.78, 5) is 0. The molecule has 1 aromatic rings. The SMILES string of the molecule is CN(CCS(=O)(=O)NC1CCCCC1)S(=O)(=O)c1cccs1. The number of thiophene rings is 1. The number of hydrogen-bond donors (Lipinski definition) is 1. The summed E-state index contributed by atoms with van der Waals surface area (Å²) in [6.45, 7) is -0.0533. The highest BCUT2D eigenvalue weighted by Crippen LogP contribution is 2.20. The average Bonchev–Trinajstić information content (AvgIpc) is 3.00. The van der Waals surface area contributed by atoms with E-state index in [0.29, 0.717) is 0 Å². The fourth-order valence-electron chi connectivity index (χ4n) is 2.47. The van der Waals surface area contributed by atoms with Crippen LogP contribution in [0.2, 0.25) is 0 Å². The van der Waals surface area contributed by atoms with E-state index in [9.17, 15) is 16.8 Å². The molecule has 0 atom stereocenters. The molecule has 9 heteroatoms. The van der Waals surface area contributed by atoms with Crippen LogP contribution in [0.15, 0.2) is 21.7 Å². The molecule has 0 amide bonds. The van der Waals surface area contributed by atoms with Gasteiger partial charge in [0.2, 0.25) is 10.0 Å². The van der Waals surface area contributed by atoms with Crippen LogP contribution in [0, 0.1) is 0 Å². The van der Waals surface area contributed by atoms with Crippen molar-refractivity contribution >= 4 is 31.4 Å². The molecule has 1 aliphatic rings. The average molecular weight is 367 g/mol. The summed E-state index contributed by atoms with van der Waals surface area (Å²) in [7, 11) is -5.64. The van der Waals surface area contributed by atoms with Crippen LogP contribution >= 0.6 is 11.3 Å². The maximum atomic E-state index is 12.2. The van der Waals surface area contributed by atoms with Crippen molar-refractivity contribution < 1.29 is 16.8 Å². The number of sulfonamides is 2. The molecule has 0 unspecified atom stereocenters. The van der Waals surface area contributed by atoms with Crippen molar-refractivity contribution in [2.24, 2.45) is 0 Å². The second kappa shape index (κ2) is 7.39. The van der Waals surface area contributed by atoms with Gasteiger partial charge < -0.3 is 0 Å². The first-order valence-electron chi connectivity index (χ1n) is 7.31.